The Balaban J connectivity index is 1.71. The summed E-state index contributed by atoms with van der Waals surface area (Å²) in [5.41, 5.74) is 2.17. The third-order valence-electron chi connectivity index (χ3n) is 3.77. The van der Waals surface area contributed by atoms with Gasteiger partial charge in [-0.2, -0.15) is 15.4 Å². The smallest absolute Gasteiger partial charge is 0.251 e. The summed E-state index contributed by atoms with van der Waals surface area (Å²) in [5, 5.41) is 13.7. The number of benzene rings is 1. The highest BCUT2D eigenvalue weighted by atomic mass is 16.1. The monoisotopic (exact) mass is 258 g/mol. The van der Waals surface area contributed by atoms with Crippen LogP contribution in [-0.4, -0.2) is 27.4 Å². The standard InChI is InChI=1S/C14H18N4O/c19-14(15-11-5-3-1-2-4-6-11)10-7-8-12-13(9-10)17-18-16-12/h7-9,11H,1-6H2,(H,15,19)(H,16,17,18). The molecule has 1 aromatic carbocycles. The molecule has 1 aromatic heterocycles. The number of hydrogen-bond acceptors (Lipinski definition) is 3. The third kappa shape index (κ3) is 2.75. The van der Waals surface area contributed by atoms with E-state index in [4.69, 9.17) is 0 Å². The van der Waals surface area contributed by atoms with Gasteiger partial charge in [-0.1, -0.05) is 25.7 Å². The maximum absolute atomic E-state index is 12.2. The Hall–Kier alpha value is -1.91. The van der Waals surface area contributed by atoms with Gasteiger partial charge in [0.15, 0.2) is 0 Å². The fourth-order valence-corrected chi connectivity index (χ4v) is 2.67. The Morgan fingerprint density at radius 3 is 2.63 bits per heavy atom. The first-order valence-corrected chi connectivity index (χ1v) is 6.94. The maximum atomic E-state index is 12.2. The van der Waals surface area contributed by atoms with Gasteiger partial charge in [0.2, 0.25) is 0 Å². The highest BCUT2D eigenvalue weighted by molar-refractivity contribution is 5.97. The number of H-pyrrole nitrogens is 1. The summed E-state index contributed by atoms with van der Waals surface area (Å²) in [6, 6.07) is 5.73. The van der Waals surface area contributed by atoms with E-state index >= 15 is 0 Å². The fraction of sp³-hybridized carbons (Fsp3) is 0.500. The highest BCUT2D eigenvalue weighted by Gasteiger charge is 2.16. The molecule has 1 amide bonds. The molecule has 2 aromatic rings. The summed E-state index contributed by atoms with van der Waals surface area (Å²) in [6.07, 6.45) is 7.20. The Bertz CT molecular complexity index is 570. The van der Waals surface area contributed by atoms with Gasteiger partial charge in [0, 0.05) is 11.6 Å². The van der Waals surface area contributed by atoms with Gasteiger partial charge in [-0.15, -0.1) is 0 Å². The molecule has 5 nitrogen and oxygen atoms in total. The lowest BCUT2D eigenvalue weighted by Gasteiger charge is -2.16. The molecule has 0 saturated heterocycles. The molecule has 0 spiro atoms. The predicted molar refractivity (Wildman–Crippen MR) is 72.8 cm³/mol. The third-order valence-corrected chi connectivity index (χ3v) is 3.77. The number of nitrogens with one attached hydrogen (secondary N) is 2. The minimum absolute atomic E-state index is 0.00296. The summed E-state index contributed by atoms with van der Waals surface area (Å²) in [7, 11) is 0. The van der Waals surface area contributed by atoms with Crippen molar-refractivity contribution >= 4 is 16.9 Å². The van der Waals surface area contributed by atoms with Gasteiger partial charge in [0.1, 0.15) is 11.0 Å². The molecule has 0 atom stereocenters. The minimum Gasteiger partial charge on any atom is -0.349 e. The van der Waals surface area contributed by atoms with Crippen LogP contribution in [0.5, 0.6) is 0 Å². The zero-order valence-electron chi connectivity index (χ0n) is 10.9. The van der Waals surface area contributed by atoms with E-state index in [-0.39, 0.29) is 5.91 Å². The molecule has 1 fully saturated rings. The van der Waals surface area contributed by atoms with Crippen LogP contribution in [0.4, 0.5) is 0 Å². The zero-order chi connectivity index (χ0) is 13.1. The molecule has 2 N–H and O–H groups in total. The second-order valence-electron chi connectivity index (χ2n) is 5.19. The van der Waals surface area contributed by atoms with Crippen LogP contribution in [0.3, 0.4) is 0 Å². The van der Waals surface area contributed by atoms with Crippen molar-refractivity contribution in [1.82, 2.24) is 20.7 Å². The number of carbonyl (C=O) groups is 1. The first kappa shape index (κ1) is 12.1. The predicted octanol–water partition coefficient (Wildman–Crippen LogP) is 2.41. The first-order valence-electron chi connectivity index (χ1n) is 6.94. The van der Waals surface area contributed by atoms with E-state index in [9.17, 15) is 4.79 Å². The van der Waals surface area contributed by atoms with Gasteiger partial charge < -0.3 is 5.32 Å². The number of nitrogens with zero attached hydrogens (tertiary/aromatic N) is 2. The van der Waals surface area contributed by atoms with Crippen LogP contribution in [0, 0.1) is 0 Å². The minimum atomic E-state index is -0.00296. The van der Waals surface area contributed by atoms with E-state index in [0.29, 0.717) is 11.6 Å². The Morgan fingerprint density at radius 1 is 1.11 bits per heavy atom. The molecule has 0 bridgehead atoms. The number of fused-ring (bicyclic) bond motifs is 1. The van der Waals surface area contributed by atoms with E-state index < -0.39 is 0 Å². The van der Waals surface area contributed by atoms with E-state index in [1.54, 1.807) is 12.1 Å². The number of rotatable bonds is 2. The molecular formula is C14H18N4O. The van der Waals surface area contributed by atoms with Crippen LogP contribution in [0.1, 0.15) is 48.9 Å². The van der Waals surface area contributed by atoms with Gasteiger partial charge in [0.25, 0.3) is 5.91 Å². The fourth-order valence-electron chi connectivity index (χ4n) is 2.67. The average Bonchev–Trinajstić information content (AvgIpc) is 2.75. The number of hydrogen-bond donors (Lipinski definition) is 2. The second-order valence-corrected chi connectivity index (χ2v) is 5.19. The Kier molecular flexibility index (Phi) is 3.44. The summed E-state index contributed by atoms with van der Waals surface area (Å²) >= 11 is 0. The van der Waals surface area contributed by atoms with Gasteiger partial charge >= 0.3 is 0 Å². The van der Waals surface area contributed by atoms with Gasteiger partial charge in [-0.25, -0.2) is 0 Å². The topological polar surface area (TPSA) is 70.7 Å². The van der Waals surface area contributed by atoms with Crippen LogP contribution >= 0.6 is 0 Å². The molecule has 19 heavy (non-hydrogen) atoms. The van der Waals surface area contributed by atoms with Crippen molar-refractivity contribution in [3.63, 3.8) is 0 Å². The van der Waals surface area contributed by atoms with Gasteiger partial charge in [-0.3, -0.25) is 4.79 Å². The molecule has 0 radical (unpaired) electrons. The van der Waals surface area contributed by atoms with Crippen LogP contribution in [-0.2, 0) is 0 Å². The van der Waals surface area contributed by atoms with Crippen LogP contribution in [0.25, 0.3) is 11.0 Å². The highest BCUT2D eigenvalue weighted by Crippen LogP contribution is 2.18. The molecule has 1 saturated carbocycles. The molecule has 0 unspecified atom stereocenters. The number of aromatic amines is 1. The molecule has 3 rings (SSSR count). The summed E-state index contributed by atoms with van der Waals surface area (Å²) in [4.78, 5) is 12.2. The molecule has 5 heteroatoms. The Morgan fingerprint density at radius 2 is 1.84 bits per heavy atom. The number of amides is 1. The normalized spacial score (nSPS) is 17.3. The average molecular weight is 258 g/mol. The maximum Gasteiger partial charge on any atom is 0.251 e. The molecule has 100 valence electrons. The second kappa shape index (κ2) is 5.38. The lowest BCUT2D eigenvalue weighted by molar-refractivity contribution is 0.0933. The molecule has 1 aliphatic rings. The van der Waals surface area contributed by atoms with Crippen molar-refractivity contribution in [2.24, 2.45) is 0 Å². The van der Waals surface area contributed by atoms with Crippen molar-refractivity contribution in [2.75, 3.05) is 0 Å². The molecule has 1 heterocycles. The summed E-state index contributed by atoms with van der Waals surface area (Å²) < 4.78 is 0. The van der Waals surface area contributed by atoms with Crippen LogP contribution in [0.2, 0.25) is 0 Å². The van der Waals surface area contributed by atoms with Crippen molar-refractivity contribution < 1.29 is 4.79 Å². The van der Waals surface area contributed by atoms with E-state index in [2.05, 4.69) is 20.7 Å². The molecule has 1 aliphatic carbocycles. The molecule has 0 aliphatic heterocycles. The quantitative estimate of drug-likeness (QED) is 0.813. The van der Waals surface area contributed by atoms with Gasteiger partial charge in [-0.05, 0) is 31.0 Å². The number of carbonyl (C=O) groups excluding carboxylic acids is 1. The van der Waals surface area contributed by atoms with E-state index in [1.165, 1.54) is 25.7 Å². The van der Waals surface area contributed by atoms with Crippen molar-refractivity contribution in [2.45, 2.75) is 44.6 Å². The molecular weight excluding hydrogens is 240 g/mol. The SMILES string of the molecule is O=C(NC1CCCCCC1)c1ccc2n[nH]nc2c1. The van der Waals surface area contributed by atoms with Gasteiger partial charge in [0.05, 0.1) is 0 Å². The number of aromatic nitrogens is 3. The van der Waals surface area contributed by atoms with Crippen molar-refractivity contribution in [1.29, 1.82) is 0 Å². The largest absolute Gasteiger partial charge is 0.349 e. The lowest BCUT2D eigenvalue weighted by atomic mass is 10.1. The summed E-state index contributed by atoms with van der Waals surface area (Å²) in [6.45, 7) is 0. The van der Waals surface area contributed by atoms with Crippen molar-refractivity contribution in [3.05, 3.63) is 23.8 Å². The Labute approximate surface area is 111 Å². The first-order chi connectivity index (χ1) is 9.33. The van der Waals surface area contributed by atoms with Crippen LogP contribution in [0.15, 0.2) is 18.2 Å². The zero-order valence-corrected chi connectivity index (χ0v) is 10.9. The van der Waals surface area contributed by atoms with Crippen molar-refractivity contribution in [3.8, 4) is 0 Å². The van der Waals surface area contributed by atoms with E-state index in [1.807, 2.05) is 6.07 Å². The van der Waals surface area contributed by atoms with E-state index in [0.717, 1.165) is 23.9 Å². The summed E-state index contributed by atoms with van der Waals surface area (Å²) in [5.74, 6) is -0.00296. The van der Waals surface area contributed by atoms with Crippen LogP contribution < -0.4 is 5.32 Å². The lowest BCUT2D eigenvalue weighted by Crippen LogP contribution is -2.34.